The van der Waals surface area contributed by atoms with Gasteiger partial charge in [0.15, 0.2) is 0 Å². The number of carbonyl (C=O) groups is 1. The van der Waals surface area contributed by atoms with Crippen molar-refractivity contribution in [1.29, 1.82) is 0 Å². The van der Waals surface area contributed by atoms with Gasteiger partial charge in [0.05, 0.1) is 6.54 Å². The molecule has 116 valence electrons. The maximum atomic E-state index is 12.4. The minimum absolute atomic E-state index is 0.302. The number of nitrogens with two attached hydrogens (primary N) is 1. The molecule has 0 atom stereocenters. The number of hydrogen-bond acceptors (Lipinski definition) is 3. The summed E-state index contributed by atoms with van der Waals surface area (Å²) in [4.78, 5) is 16.7. The molecular formula is C16H31N3O. The van der Waals surface area contributed by atoms with Gasteiger partial charge in [0.1, 0.15) is 0 Å². The van der Waals surface area contributed by atoms with E-state index >= 15 is 0 Å². The predicted molar refractivity (Wildman–Crippen MR) is 82.4 cm³/mol. The van der Waals surface area contributed by atoms with Crippen molar-refractivity contribution in [2.75, 3.05) is 33.2 Å². The van der Waals surface area contributed by atoms with Gasteiger partial charge in [-0.3, -0.25) is 9.69 Å². The Kier molecular flexibility index (Phi) is 5.85. The molecule has 1 aliphatic heterocycles. The molecule has 0 spiro atoms. The summed E-state index contributed by atoms with van der Waals surface area (Å²) in [5, 5.41) is 0. The number of piperidine rings is 1. The number of carbonyl (C=O) groups excluding carboxylic acids is 1. The summed E-state index contributed by atoms with van der Waals surface area (Å²) < 4.78 is 0. The van der Waals surface area contributed by atoms with E-state index in [1.54, 1.807) is 0 Å². The zero-order chi connectivity index (χ0) is 14.5. The highest BCUT2D eigenvalue weighted by molar-refractivity contribution is 5.78. The van der Waals surface area contributed by atoms with Gasteiger partial charge in [0.2, 0.25) is 5.91 Å². The van der Waals surface area contributed by atoms with E-state index < -0.39 is 0 Å². The Bertz CT molecular complexity index is 305. The van der Waals surface area contributed by atoms with Gasteiger partial charge in [-0.1, -0.05) is 6.92 Å². The average molecular weight is 281 g/mol. The Hall–Kier alpha value is -0.610. The molecule has 0 bridgehead atoms. The Balaban J connectivity index is 1.74. The molecule has 0 aromatic heterocycles. The first kappa shape index (κ1) is 15.8. The standard InChI is InChI=1S/C16H31N3O/c1-13-3-5-15(6-4-13)18(2)16(20)12-19-9-7-14(11-17)8-10-19/h13-15H,3-12,17H2,1-2H3. The predicted octanol–water partition coefficient (Wildman–Crippen LogP) is 1.69. The second-order valence-corrected chi connectivity index (χ2v) is 6.87. The van der Waals surface area contributed by atoms with E-state index in [4.69, 9.17) is 5.73 Å². The van der Waals surface area contributed by atoms with Crippen LogP contribution in [0.2, 0.25) is 0 Å². The van der Waals surface area contributed by atoms with Crippen molar-refractivity contribution in [3.05, 3.63) is 0 Å². The number of hydrogen-bond donors (Lipinski definition) is 1. The molecule has 20 heavy (non-hydrogen) atoms. The largest absolute Gasteiger partial charge is 0.342 e. The Morgan fingerprint density at radius 3 is 2.30 bits per heavy atom. The van der Waals surface area contributed by atoms with Crippen LogP contribution in [0, 0.1) is 11.8 Å². The quantitative estimate of drug-likeness (QED) is 0.853. The monoisotopic (exact) mass is 281 g/mol. The van der Waals surface area contributed by atoms with Gasteiger partial charge in [-0.05, 0) is 70.0 Å². The van der Waals surface area contributed by atoms with Gasteiger partial charge in [-0.25, -0.2) is 0 Å². The Labute approximate surface area is 123 Å². The highest BCUT2D eigenvalue weighted by atomic mass is 16.2. The van der Waals surface area contributed by atoms with Gasteiger partial charge < -0.3 is 10.6 Å². The van der Waals surface area contributed by atoms with Gasteiger partial charge in [-0.15, -0.1) is 0 Å². The van der Waals surface area contributed by atoms with E-state index in [-0.39, 0.29) is 0 Å². The van der Waals surface area contributed by atoms with Crippen molar-refractivity contribution >= 4 is 5.91 Å². The van der Waals surface area contributed by atoms with Crippen molar-refractivity contribution < 1.29 is 4.79 Å². The third kappa shape index (κ3) is 4.19. The summed E-state index contributed by atoms with van der Waals surface area (Å²) in [6, 6.07) is 0.472. The molecular weight excluding hydrogens is 250 g/mol. The molecule has 0 aromatic carbocycles. The van der Waals surface area contributed by atoms with Crippen molar-refractivity contribution in [2.24, 2.45) is 17.6 Å². The normalized spacial score (nSPS) is 29.4. The first-order valence-electron chi connectivity index (χ1n) is 8.28. The van der Waals surface area contributed by atoms with Crippen LogP contribution in [0.1, 0.15) is 45.4 Å². The maximum absolute atomic E-state index is 12.4. The summed E-state index contributed by atoms with van der Waals surface area (Å²) >= 11 is 0. The van der Waals surface area contributed by atoms with Crippen LogP contribution in [0.15, 0.2) is 0 Å². The van der Waals surface area contributed by atoms with E-state index in [2.05, 4.69) is 11.8 Å². The molecule has 2 rings (SSSR count). The molecule has 1 heterocycles. The minimum atomic E-state index is 0.302. The smallest absolute Gasteiger partial charge is 0.236 e. The lowest BCUT2D eigenvalue weighted by molar-refractivity contribution is -0.134. The molecule has 2 fully saturated rings. The van der Waals surface area contributed by atoms with Gasteiger partial charge in [0, 0.05) is 13.1 Å². The van der Waals surface area contributed by atoms with Crippen molar-refractivity contribution in [3.63, 3.8) is 0 Å². The van der Waals surface area contributed by atoms with Crippen molar-refractivity contribution in [1.82, 2.24) is 9.80 Å². The Morgan fingerprint density at radius 1 is 1.15 bits per heavy atom. The first-order chi connectivity index (χ1) is 9.60. The highest BCUT2D eigenvalue weighted by Gasteiger charge is 2.26. The SMILES string of the molecule is CC1CCC(N(C)C(=O)CN2CCC(CN)CC2)CC1. The fourth-order valence-corrected chi connectivity index (χ4v) is 3.52. The van der Waals surface area contributed by atoms with Crippen LogP contribution >= 0.6 is 0 Å². The molecule has 0 unspecified atom stereocenters. The zero-order valence-corrected chi connectivity index (χ0v) is 13.2. The van der Waals surface area contributed by atoms with Crippen LogP contribution in [0.5, 0.6) is 0 Å². The van der Waals surface area contributed by atoms with E-state index in [0.29, 0.717) is 24.4 Å². The van der Waals surface area contributed by atoms with Gasteiger partial charge >= 0.3 is 0 Å². The number of rotatable bonds is 4. The fraction of sp³-hybridized carbons (Fsp3) is 0.938. The summed E-state index contributed by atoms with van der Waals surface area (Å²) in [5.41, 5.74) is 5.71. The molecule has 1 aliphatic carbocycles. The molecule has 1 saturated heterocycles. The highest BCUT2D eigenvalue weighted by Crippen LogP contribution is 2.26. The topological polar surface area (TPSA) is 49.6 Å². The van der Waals surface area contributed by atoms with E-state index in [1.807, 2.05) is 11.9 Å². The van der Waals surface area contributed by atoms with E-state index in [9.17, 15) is 4.79 Å². The zero-order valence-electron chi connectivity index (χ0n) is 13.2. The molecule has 4 nitrogen and oxygen atoms in total. The number of likely N-dealkylation sites (N-methyl/N-ethyl adjacent to an activating group) is 1. The third-order valence-electron chi connectivity index (χ3n) is 5.33. The lowest BCUT2D eigenvalue weighted by atomic mass is 9.87. The van der Waals surface area contributed by atoms with Gasteiger partial charge in [-0.2, -0.15) is 0 Å². The number of likely N-dealkylation sites (tertiary alicyclic amines) is 1. The van der Waals surface area contributed by atoms with Gasteiger partial charge in [0.25, 0.3) is 0 Å². The van der Waals surface area contributed by atoms with Crippen LogP contribution in [0.4, 0.5) is 0 Å². The summed E-state index contributed by atoms with van der Waals surface area (Å²) in [6.07, 6.45) is 7.19. The van der Waals surface area contributed by atoms with Crippen LogP contribution < -0.4 is 5.73 Å². The molecule has 1 saturated carbocycles. The maximum Gasteiger partial charge on any atom is 0.236 e. The van der Waals surface area contributed by atoms with E-state index in [1.165, 1.54) is 25.7 Å². The minimum Gasteiger partial charge on any atom is -0.342 e. The molecule has 2 aliphatic rings. The summed E-state index contributed by atoms with van der Waals surface area (Å²) in [7, 11) is 2.00. The average Bonchev–Trinajstić information content (AvgIpc) is 2.48. The summed E-state index contributed by atoms with van der Waals surface area (Å²) in [5.74, 6) is 1.81. The third-order valence-corrected chi connectivity index (χ3v) is 5.33. The Morgan fingerprint density at radius 2 is 1.75 bits per heavy atom. The fourth-order valence-electron chi connectivity index (χ4n) is 3.52. The molecule has 0 radical (unpaired) electrons. The summed E-state index contributed by atoms with van der Waals surface area (Å²) in [6.45, 7) is 5.77. The van der Waals surface area contributed by atoms with Crippen LogP contribution in [0.3, 0.4) is 0 Å². The number of amides is 1. The van der Waals surface area contributed by atoms with Crippen LogP contribution in [-0.4, -0.2) is 55.0 Å². The molecule has 0 aromatic rings. The molecule has 4 heteroatoms. The first-order valence-corrected chi connectivity index (χ1v) is 8.28. The number of nitrogens with zero attached hydrogens (tertiary/aromatic N) is 2. The molecule has 2 N–H and O–H groups in total. The van der Waals surface area contributed by atoms with Crippen molar-refractivity contribution in [3.8, 4) is 0 Å². The van der Waals surface area contributed by atoms with Crippen LogP contribution in [-0.2, 0) is 4.79 Å². The molecule has 1 amide bonds. The van der Waals surface area contributed by atoms with E-state index in [0.717, 1.165) is 38.4 Å². The second-order valence-electron chi connectivity index (χ2n) is 6.87. The lowest BCUT2D eigenvalue weighted by Gasteiger charge is -2.36. The second kappa shape index (κ2) is 7.41. The van der Waals surface area contributed by atoms with Crippen LogP contribution in [0.25, 0.3) is 0 Å². The van der Waals surface area contributed by atoms with Crippen molar-refractivity contribution in [2.45, 2.75) is 51.5 Å². The lowest BCUT2D eigenvalue weighted by Crippen LogP contribution is -2.46.